The Morgan fingerprint density at radius 1 is 1.23 bits per heavy atom. The van der Waals surface area contributed by atoms with Gasteiger partial charge in [-0.15, -0.1) is 0 Å². The third-order valence-electron chi connectivity index (χ3n) is 6.09. The third kappa shape index (κ3) is 4.00. The minimum atomic E-state index is -0.562. The molecule has 1 amide bonds. The molecule has 1 N–H and O–H groups in total. The molecule has 1 aliphatic carbocycles. The van der Waals surface area contributed by atoms with Crippen LogP contribution in [0.4, 0.5) is 10.1 Å². The van der Waals surface area contributed by atoms with Gasteiger partial charge in [-0.2, -0.15) is 0 Å². The molecule has 0 aromatic carbocycles. The zero-order chi connectivity index (χ0) is 18.9. The summed E-state index contributed by atoms with van der Waals surface area (Å²) in [5, 5.41) is 2.41. The molecule has 0 bridgehead atoms. The Morgan fingerprint density at radius 3 is 2.46 bits per heavy atom. The number of piperazine rings is 1. The fraction of sp³-hybridized carbons (Fsp3) is 0.700. The molecular weight excluding hydrogens is 331 g/mol. The Kier molecular flexibility index (Phi) is 5.51. The van der Waals surface area contributed by atoms with Gasteiger partial charge in [-0.05, 0) is 30.6 Å². The van der Waals surface area contributed by atoms with E-state index in [1.54, 1.807) is 6.20 Å². The van der Waals surface area contributed by atoms with Crippen LogP contribution in [0.5, 0.6) is 0 Å². The van der Waals surface area contributed by atoms with Crippen molar-refractivity contribution in [2.45, 2.75) is 46.1 Å². The summed E-state index contributed by atoms with van der Waals surface area (Å²) in [4.78, 5) is 20.4. The van der Waals surface area contributed by atoms with Gasteiger partial charge < -0.3 is 10.2 Å². The van der Waals surface area contributed by atoms with Crippen molar-refractivity contribution in [3.05, 3.63) is 23.8 Å². The maximum absolute atomic E-state index is 14.2. The molecule has 2 atom stereocenters. The largest absolute Gasteiger partial charge is 0.368 e. The molecule has 2 heterocycles. The van der Waals surface area contributed by atoms with E-state index in [9.17, 15) is 9.18 Å². The van der Waals surface area contributed by atoms with Gasteiger partial charge in [-0.1, -0.05) is 20.8 Å². The monoisotopic (exact) mass is 362 g/mol. The first-order valence-corrected chi connectivity index (χ1v) is 9.66. The molecule has 2 unspecified atom stereocenters. The van der Waals surface area contributed by atoms with E-state index in [0.29, 0.717) is 11.5 Å². The molecule has 6 heteroatoms. The molecule has 3 rings (SSSR count). The Bertz CT molecular complexity index is 650. The lowest BCUT2D eigenvalue weighted by Crippen LogP contribution is -2.50. The standard InChI is InChI=1S/C20H31FN4O/c1-20(2,3)14-5-6-15(11-14)24-7-9-25(10-8-24)16-12-17(21)18(23-13-16)19(26)22-4/h12-15H,5-11H2,1-4H3,(H,22,26). The van der Waals surface area contributed by atoms with Gasteiger partial charge in [-0.25, -0.2) is 9.37 Å². The smallest absolute Gasteiger partial charge is 0.272 e. The summed E-state index contributed by atoms with van der Waals surface area (Å²) >= 11 is 0. The number of anilines is 1. The van der Waals surface area contributed by atoms with E-state index in [0.717, 1.165) is 37.8 Å². The Morgan fingerprint density at radius 2 is 1.92 bits per heavy atom. The number of nitrogens with zero attached hydrogens (tertiary/aromatic N) is 3. The normalized spacial score (nSPS) is 24.7. The van der Waals surface area contributed by atoms with Gasteiger partial charge in [0, 0.05) is 45.3 Å². The van der Waals surface area contributed by atoms with Gasteiger partial charge in [0.2, 0.25) is 0 Å². The highest BCUT2D eigenvalue weighted by Crippen LogP contribution is 2.41. The molecule has 144 valence electrons. The lowest BCUT2D eigenvalue weighted by molar-refractivity contribution is 0.0953. The molecule has 1 aromatic heterocycles. The minimum Gasteiger partial charge on any atom is -0.368 e. The predicted molar refractivity (Wildman–Crippen MR) is 102 cm³/mol. The second kappa shape index (κ2) is 7.51. The number of nitrogens with one attached hydrogen (secondary N) is 1. The van der Waals surface area contributed by atoms with Gasteiger partial charge in [0.15, 0.2) is 11.5 Å². The maximum Gasteiger partial charge on any atom is 0.272 e. The highest BCUT2D eigenvalue weighted by molar-refractivity contribution is 5.92. The number of rotatable bonds is 3. The number of hydrogen-bond donors (Lipinski definition) is 1. The number of carbonyl (C=O) groups is 1. The van der Waals surface area contributed by atoms with Crippen LogP contribution in [0.2, 0.25) is 0 Å². The molecule has 1 aromatic rings. The topological polar surface area (TPSA) is 48.5 Å². The Labute approximate surface area is 156 Å². The lowest BCUT2D eigenvalue weighted by atomic mass is 9.79. The molecule has 1 saturated heterocycles. The minimum absolute atomic E-state index is 0.144. The van der Waals surface area contributed by atoms with E-state index in [2.05, 4.69) is 40.9 Å². The summed E-state index contributed by atoms with van der Waals surface area (Å²) in [7, 11) is 1.48. The molecular formula is C20H31FN4O. The van der Waals surface area contributed by atoms with Crippen LogP contribution in [-0.2, 0) is 0 Å². The lowest BCUT2D eigenvalue weighted by Gasteiger charge is -2.39. The van der Waals surface area contributed by atoms with Gasteiger partial charge in [0.05, 0.1) is 11.9 Å². The molecule has 1 aliphatic heterocycles. The molecule has 0 radical (unpaired) electrons. The van der Waals surface area contributed by atoms with Crippen molar-refractivity contribution in [1.29, 1.82) is 0 Å². The summed E-state index contributed by atoms with van der Waals surface area (Å²) in [5.41, 5.74) is 1.01. The van der Waals surface area contributed by atoms with Gasteiger partial charge in [-0.3, -0.25) is 9.69 Å². The van der Waals surface area contributed by atoms with E-state index >= 15 is 0 Å². The van der Waals surface area contributed by atoms with E-state index in [4.69, 9.17) is 0 Å². The van der Waals surface area contributed by atoms with Crippen molar-refractivity contribution in [1.82, 2.24) is 15.2 Å². The van der Waals surface area contributed by atoms with Crippen molar-refractivity contribution in [3.8, 4) is 0 Å². The van der Waals surface area contributed by atoms with Crippen molar-refractivity contribution in [2.24, 2.45) is 11.3 Å². The quantitative estimate of drug-likeness (QED) is 0.898. The van der Waals surface area contributed by atoms with Crippen molar-refractivity contribution in [3.63, 3.8) is 0 Å². The number of amides is 1. The van der Waals surface area contributed by atoms with Crippen LogP contribution in [0.15, 0.2) is 12.3 Å². The first-order chi connectivity index (χ1) is 12.3. The highest BCUT2D eigenvalue weighted by Gasteiger charge is 2.36. The van der Waals surface area contributed by atoms with Crippen LogP contribution in [0.25, 0.3) is 0 Å². The predicted octanol–water partition coefficient (Wildman–Crippen LogP) is 2.92. The van der Waals surface area contributed by atoms with Crippen LogP contribution in [0.3, 0.4) is 0 Å². The first-order valence-electron chi connectivity index (χ1n) is 9.66. The first kappa shape index (κ1) is 19.1. The molecule has 26 heavy (non-hydrogen) atoms. The average Bonchev–Trinajstić information content (AvgIpc) is 3.11. The van der Waals surface area contributed by atoms with Crippen LogP contribution < -0.4 is 10.2 Å². The zero-order valence-corrected chi connectivity index (χ0v) is 16.4. The zero-order valence-electron chi connectivity index (χ0n) is 16.4. The second-order valence-corrected chi connectivity index (χ2v) is 8.66. The summed E-state index contributed by atoms with van der Waals surface area (Å²) in [6.07, 6.45) is 5.51. The van der Waals surface area contributed by atoms with E-state index in [-0.39, 0.29) is 5.69 Å². The Balaban J connectivity index is 1.57. The van der Waals surface area contributed by atoms with Gasteiger partial charge in [0.1, 0.15) is 0 Å². The van der Waals surface area contributed by atoms with Crippen molar-refractivity contribution >= 4 is 11.6 Å². The third-order valence-corrected chi connectivity index (χ3v) is 6.09. The maximum atomic E-state index is 14.2. The SMILES string of the molecule is CNC(=O)c1ncc(N2CCN(C3CCC(C(C)(C)C)C3)CC2)cc1F. The van der Waals surface area contributed by atoms with E-state index < -0.39 is 11.7 Å². The summed E-state index contributed by atoms with van der Waals surface area (Å²) in [5.74, 6) is -0.248. The number of carbonyl (C=O) groups excluding carboxylic acids is 1. The number of hydrogen-bond acceptors (Lipinski definition) is 4. The number of halogens is 1. The molecule has 2 fully saturated rings. The second-order valence-electron chi connectivity index (χ2n) is 8.66. The van der Waals surface area contributed by atoms with Crippen LogP contribution in [-0.4, -0.2) is 55.1 Å². The Hall–Kier alpha value is -1.69. The number of pyridine rings is 1. The molecule has 0 spiro atoms. The molecule has 2 aliphatic rings. The summed E-state index contributed by atoms with van der Waals surface area (Å²) in [6.45, 7) is 10.8. The van der Waals surface area contributed by atoms with Crippen molar-refractivity contribution in [2.75, 3.05) is 38.1 Å². The van der Waals surface area contributed by atoms with Crippen molar-refractivity contribution < 1.29 is 9.18 Å². The van der Waals surface area contributed by atoms with E-state index in [1.807, 2.05) is 0 Å². The number of aromatic nitrogens is 1. The van der Waals surface area contributed by atoms with Gasteiger partial charge >= 0.3 is 0 Å². The summed E-state index contributed by atoms with van der Waals surface area (Å²) in [6, 6.07) is 2.12. The fourth-order valence-corrected chi connectivity index (χ4v) is 4.31. The van der Waals surface area contributed by atoms with Crippen LogP contribution in [0, 0.1) is 17.2 Å². The van der Waals surface area contributed by atoms with Crippen LogP contribution >= 0.6 is 0 Å². The molecule has 1 saturated carbocycles. The van der Waals surface area contributed by atoms with Gasteiger partial charge in [0.25, 0.3) is 5.91 Å². The molecule has 5 nitrogen and oxygen atoms in total. The average molecular weight is 362 g/mol. The van der Waals surface area contributed by atoms with Crippen LogP contribution in [0.1, 0.15) is 50.5 Å². The summed E-state index contributed by atoms with van der Waals surface area (Å²) < 4.78 is 14.2. The van der Waals surface area contributed by atoms with E-state index in [1.165, 1.54) is 32.4 Å². The fourth-order valence-electron chi connectivity index (χ4n) is 4.31. The highest BCUT2D eigenvalue weighted by atomic mass is 19.1.